The van der Waals surface area contributed by atoms with Gasteiger partial charge < -0.3 is 14.5 Å². The number of halogens is 3. The van der Waals surface area contributed by atoms with Gasteiger partial charge in [0.15, 0.2) is 0 Å². The molecule has 0 radical (unpaired) electrons. The van der Waals surface area contributed by atoms with Crippen LogP contribution < -0.4 is 9.80 Å². The lowest BCUT2D eigenvalue weighted by atomic mass is 10.0. The summed E-state index contributed by atoms with van der Waals surface area (Å²) in [5.41, 5.74) is -1.39. The van der Waals surface area contributed by atoms with Crippen LogP contribution >= 0.6 is 0 Å². The van der Waals surface area contributed by atoms with Crippen LogP contribution in [-0.4, -0.2) is 43.7 Å². The van der Waals surface area contributed by atoms with Crippen molar-refractivity contribution >= 4 is 17.6 Å². The molecular formula is C18H21F3N4O2. The summed E-state index contributed by atoms with van der Waals surface area (Å²) in [5.74, 6) is -0.0309. The first-order chi connectivity index (χ1) is 12.7. The SMILES string of the molecule is COC(=O)CC1CCN(c2cc(C(F)(F)F)c(C#N)c(N3CC[C@@H]3C)n2)C1. The molecule has 3 heterocycles. The number of methoxy groups -OCH3 is 1. The summed E-state index contributed by atoms with van der Waals surface area (Å²) in [5, 5.41) is 9.36. The van der Waals surface area contributed by atoms with E-state index in [-0.39, 0.29) is 36.0 Å². The molecule has 0 bridgehead atoms. The van der Waals surface area contributed by atoms with Crippen molar-refractivity contribution in [2.75, 3.05) is 36.5 Å². The molecule has 0 N–H and O–H groups in total. The number of anilines is 2. The fourth-order valence-electron chi connectivity index (χ4n) is 3.58. The molecule has 0 saturated carbocycles. The molecule has 2 saturated heterocycles. The van der Waals surface area contributed by atoms with E-state index >= 15 is 0 Å². The Hall–Kier alpha value is -2.50. The number of rotatable bonds is 4. The smallest absolute Gasteiger partial charge is 0.417 e. The highest BCUT2D eigenvalue weighted by atomic mass is 19.4. The van der Waals surface area contributed by atoms with E-state index in [1.807, 2.05) is 6.92 Å². The van der Waals surface area contributed by atoms with Gasteiger partial charge in [0.05, 0.1) is 19.1 Å². The lowest BCUT2D eigenvalue weighted by Gasteiger charge is -2.40. The van der Waals surface area contributed by atoms with E-state index in [0.717, 1.165) is 12.5 Å². The average Bonchev–Trinajstić information content (AvgIpc) is 3.07. The molecule has 0 aromatic carbocycles. The van der Waals surface area contributed by atoms with Crippen LogP contribution in [0.3, 0.4) is 0 Å². The topological polar surface area (TPSA) is 69.5 Å². The highest BCUT2D eigenvalue weighted by Gasteiger charge is 2.39. The van der Waals surface area contributed by atoms with E-state index < -0.39 is 17.3 Å². The van der Waals surface area contributed by atoms with Crippen LogP contribution in [0.5, 0.6) is 0 Å². The second-order valence-corrected chi connectivity index (χ2v) is 7.05. The minimum Gasteiger partial charge on any atom is -0.469 e. The standard InChI is InChI=1S/C18H21F3N4O2/c1-11-3-6-25(11)17-13(9-22)14(18(19,20)21)8-15(23-17)24-5-4-12(10-24)7-16(26)27-2/h8,11-12H,3-7,10H2,1-2H3/t11-,12?/m0/s1. The van der Waals surface area contributed by atoms with Crippen LogP contribution in [0.15, 0.2) is 6.07 Å². The van der Waals surface area contributed by atoms with E-state index in [9.17, 15) is 23.2 Å². The van der Waals surface area contributed by atoms with Crippen molar-refractivity contribution in [2.24, 2.45) is 5.92 Å². The molecule has 1 aromatic heterocycles. The van der Waals surface area contributed by atoms with E-state index in [4.69, 9.17) is 0 Å². The fourth-order valence-corrected chi connectivity index (χ4v) is 3.58. The summed E-state index contributed by atoms with van der Waals surface area (Å²) < 4.78 is 45.4. The zero-order valence-electron chi connectivity index (χ0n) is 15.2. The van der Waals surface area contributed by atoms with Crippen molar-refractivity contribution in [2.45, 2.75) is 38.4 Å². The molecule has 3 rings (SSSR count). The van der Waals surface area contributed by atoms with Crippen LogP contribution in [0.2, 0.25) is 0 Å². The number of hydrogen-bond acceptors (Lipinski definition) is 6. The number of pyridine rings is 1. The molecule has 6 nitrogen and oxygen atoms in total. The van der Waals surface area contributed by atoms with Crippen LogP contribution in [0.1, 0.15) is 37.3 Å². The van der Waals surface area contributed by atoms with Crippen LogP contribution in [0.4, 0.5) is 24.8 Å². The molecule has 0 spiro atoms. The van der Waals surface area contributed by atoms with Crippen molar-refractivity contribution in [3.63, 3.8) is 0 Å². The maximum atomic E-state index is 13.6. The molecule has 9 heteroatoms. The normalized spacial score (nSPS) is 22.4. The molecular weight excluding hydrogens is 361 g/mol. The Balaban J connectivity index is 1.95. The summed E-state index contributed by atoms with van der Waals surface area (Å²) in [6, 6.07) is 2.70. The van der Waals surface area contributed by atoms with Crippen molar-refractivity contribution in [3.05, 3.63) is 17.2 Å². The van der Waals surface area contributed by atoms with E-state index in [0.29, 0.717) is 26.1 Å². The number of carbonyl (C=O) groups is 1. The highest BCUT2D eigenvalue weighted by Crippen LogP contribution is 2.40. The predicted octanol–water partition coefficient (Wildman–Crippen LogP) is 2.96. The number of nitriles is 1. The third-order valence-electron chi connectivity index (χ3n) is 5.29. The zero-order chi connectivity index (χ0) is 19.8. The van der Waals surface area contributed by atoms with Crippen molar-refractivity contribution in [1.29, 1.82) is 5.26 Å². The predicted molar refractivity (Wildman–Crippen MR) is 92.3 cm³/mol. The Kier molecular flexibility index (Phi) is 5.18. The first-order valence-corrected chi connectivity index (χ1v) is 8.85. The number of nitrogens with zero attached hydrogens (tertiary/aromatic N) is 4. The van der Waals surface area contributed by atoms with Gasteiger partial charge in [0, 0.05) is 25.7 Å². The van der Waals surface area contributed by atoms with Crippen LogP contribution in [-0.2, 0) is 15.7 Å². The minimum absolute atomic E-state index is 0.00983. The van der Waals surface area contributed by atoms with E-state index in [1.165, 1.54) is 7.11 Å². The second-order valence-electron chi connectivity index (χ2n) is 7.05. The zero-order valence-corrected chi connectivity index (χ0v) is 15.2. The largest absolute Gasteiger partial charge is 0.469 e. The molecule has 27 heavy (non-hydrogen) atoms. The average molecular weight is 382 g/mol. The monoisotopic (exact) mass is 382 g/mol. The summed E-state index contributed by atoms with van der Waals surface area (Å²) >= 11 is 0. The Morgan fingerprint density at radius 3 is 2.67 bits per heavy atom. The second kappa shape index (κ2) is 7.25. The summed E-state index contributed by atoms with van der Waals surface area (Å²) in [6.45, 7) is 3.41. The van der Waals surface area contributed by atoms with Gasteiger partial charge in [0.2, 0.25) is 0 Å². The Morgan fingerprint density at radius 2 is 2.15 bits per heavy atom. The van der Waals surface area contributed by atoms with Crippen molar-refractivity contribution < 1.29 is 22.7 Å². The lowest BCUT2D eigenvalue weighted by Crippen LogP contribution is -2.47. The molecule has 2 atom stereocenters. The van der Waals surface area contributed by atoms with E-state index in [1.54, 1.807) is 15.9 Å². The van der Waals surface area contributed by atoms with E-state index in [2.05, 4.69) is 9.72 Å². The van der Waals surface area contributed by atoms with Gasteiger partial charge in [-0.3, -0.25) is 4.79 Å². The summed E-state index contributed by atoms with van der Waals surface area (Å²) in [6.07, 6.45) is -2.89. The number of carbonyl (C=O) groups excluding carboxylic acids is 1. The van der Waals surface area contributed by atoms with Crippen LogP contribution in [0, 0.1) is 17.2 Å². The Bertz CT molecular complexity index is 775. The number of aromatic nitrogens is 1. The molecule has 0 aliphatic carbocycles. The van der Waals surface area contributed by atoms with Gasteiger partial charge >= 0.3 is 12.1 Å². The molecule has 2 aliphatic heterocycles. The van der Waals surface area contributed by atoms with Crippen molar-refractivity contribution in [1.82, 2.24) is 4.98 Å². The third kappa shape index (κ3) is 3.80. The minimum atomic E-state index is -4.64. The molecule has 0 amide bonds. The summed E-state index contributed by atoms with van der Waals surface area (Å²) in [7, 11) is 1.31. The third-order valence-corrected chi connectivity index (χ3v) is 5.29. The Labute approximate surface area is 155 Å². The number of ether oxygens (including phenoxy) is 1. The molecule has 1 aromatic rings. The maximum Gasteiger partial charge on any atom is 0.417 e. The van der Waals surface area contributed by atoms with Gasteiger partial charge in [0.25, 0.3) is 0 Å². The molecule has 1 unspecified atom stereocenters. The maximum absolute atomic E-state index is 13.6. The molecule has 146 valence electrons. The van der Waals surface area contributed by atoms with Gasteiger partial charge in [0.1, 0.15) is 23.3 Å². The first-order valence-electron chi connectivity index (χ1n) is 8.85. The number of esters is 1. The fraction of sp³-hybridized carbons (Fsp3) is 0.611. The number of alkyl halides is 3. The quantitative estimate of drug-likeness (QED) is 0.746. The van der Waals surface area contributed by atoms with Crippen molar-refractivity contribution in [3.8, 4) is 6.07 Å². The van der Waals surface area contributed by atoms with Crippen LogP contribution in [0.25, 0.3) is 0 Å². The number of hydrogen-bond donors (Lipinski definition) is 0. The van der Waals surface area contributed by atoms with Gasteiger partial charge in [-0.2, -0.15) is 18.4 Å². The summed E-state index contributed by atoms with van der Waals surface area (Å²) in [4.78, 5) is 19.4. The first kappa shape index (κ1) is 19.3. The highest BCUT2D eigenvalue weighted by molar-refractivity contribution is 5.70. The molecule has 2 fully saturated rings. The molecule has 2 aliphatic rings. The van der Waals surface area contributed by atoms with Gasteiger partial charge in [-0.15, -0.1) is 0 Å². The lowest BCUT2D eigenvalue weighted by molar-refractivity contribution is -0.141. The van der Waals surface area contributed by atoms with Gasteiger partial charge in [-0.05, 0) is 31.7 Å². The van der Waals surface area contributed by atoms with Gasteiger partial charge in [-0.1, -0.05) is 0 Å². The van der Waals surface area contributed by atoms with Gasteiger partial charge in [-0.25, -0.2) is 4.98 Å². The Morgan fingerprint density at radius 1 is 1.41 bits per heavy atom.